The van der Waals surface area contributed by atoms with Gasteiger partial charge in [0.1, 0.15) is 5.82 Å². The molecule has 0 radical (unpaired) electrons. The Morgan fingerprint density at radius 1 is 1.40 bits per heavy atom. The summed E-state index contributed by atoms with van der Waals surface area (Å²) in [6.45, 7) is 2.27. The molecule has 0 aliphatic carbocycles. The Morgan fingerprint density at radius 2 is 2.25 bits per heavy atom. The maximum Gasteiger partial charge on any atom is 0.336 e. The normalized spacial score (nSPS) is 15.1. The number of hydrogen-bond donors (Lipinski definition) is 1. The quantitative estimate of drug-likeness (QED) is 0.944. The number of carboxylic acids is 1. The Hall–Kier alpha value is -1.72. The van der Waals surface area contributed by atoms with Crippen molar-refractivity contribution in [2.75, 3.05) is 6.54 Å². The van der Waals surface area contributed by atoms with E-state index in [-0.39, 0.29) is 5.56 Å². The number of benzene rings is 1. The van der Waals surface area contributed by atoms with Crippen molar-refractivity contribution >= 4 is 17.3 Å². The predicted octanol–water partition coefficient (Wildman–Crippen LogP) is 3.14. The fraction of sp³-hybridized carbons (Fsp3) is 0.267. The van der Waals surface area contributed by atoms with Crippen LogP contribution < -0.4 is 0 Å². The van der Waals surface area contributed by atoms with Gasteiger partial charge in [-0.25, -0.2) is 9.18 Å². The van der Waals surface area contributed by atoms with E-state index in [2.05, 4.69) is 16.3 Å². The fourth-order valence-corrected chi connectivity index (χ4v) is 3.46. The van der Waals surface area contributed by atoms with E-state index >= 15 is 0 Å². The van der Waals surface area contributed by atoms with Crippen LogP contribution in [0.4, 0.5) is 4.39 Å². The highest BCUT2D eigenvalue weighted by atomic mass is 32.1. The van der Waals surface area contributed by atoms with Gasteiger partial charge in [-0.1, -0.05) is 6.07 Å². The summed E-state index contributed by atoms with van der Waals surface area (Å²) in [5.41, 5.74) is 2.04. The molecule has 0 unspecified atom stereocenters. The standard InChI is InChI=1S/C15H14FNO2S/c16-12-2-1-10(13(7-12)15(18)19)8-17-5-3-14-11(9-17)4-6-20-14/h1-2,4,6-7H,3,5,8-9H2,(H,18,19). The monoisotopic (exact) mass is 291 g/mol. The van der Waals surface area contributed by atoms with Crippen LogP contribution in [-0.2, 0) is 19.5 Å². The van der Waals surface area contributed by atoms with Crippen molar-refractivity contribution in [1.82, 2.24) is 4.90 Å². The first-order valence-corrected chi connectivity index (χ1v) is 7.31. The van der Waals surface area contributed by atoms with Crippen molar-refractivity contribution in [3.8, 4) is 0 Å². The van der Waals surface area contributed by atoms with Gasteiger partial charge < -0.3 is 5.11 Å². The lowest BCUT2D eigenvalue weighted by molar-refractivity contribution is 0.0693. The molecule has 0 atom stereocenters. The molecule has 3 nitrogen and oxygen atoms in total. The van der Waals surface area contributed by atoms with Crippen molar-refractivity contribution in [2.24, 2.45) is 0 Å². The Labute approximate surface area is 120 Å². The molecular formula is C15H14FNO2S. The summed E-state index contributed by atoms with van der Waals surface area (Å²) in [4.78, 5) is 14.8. The number of carboxylic acid groups (broad SMARTS) is 1. The molecule has 1 aromatic carbocycles. The number of thiophene rings is 1. The van der Waals surface area contributed by atoms with Crippen LogP contribution >= 0.6 is 11.3 Å². The molecule has 20 heavy (non-hydrogen) atoms. The second-order valence-electron chi connectivity index (χ2n) is 4.94. The van der Waals surface area contributed by atoms with Crippen LogP contribution in [0.1, 0.15) is 26.4 Å². The number of fused-ring (bicyclic) bond motifs is 1. The fourth-order valence-electron chi connectivity index (χ4n) is 2.57. The van der Waals surface area contributed by atoms with Crippen LogP contribution in [0.25, 0.3) is 0 Å². The van der Waals surface area contributed by atoms with Gasteiger partial charge in [-0.05, 0) is 41.1 Å². The maximum absolute atomic E-state index is 13.2. The molecule has 3 rings (SSSR count). The van der Waals surface area contributed by atoms with E-state index in [1.54, 1.807) is 17.4 Å². The molecule has 5 heteroatoms. The first-order valence-electron chi connectivity index (χ1n) is 6.43. The summed E-state index contributed by atoms with van der Waals surface area (Å²) in [6.07, 6.45) is 0.997. The van der Waals surface area contributed by atoms with Gasteiger partial charge in [-0.3, -0.25) is 4.90 Å². The zero-order valence-corrected chi connectivity index (χ0v) is 11.6. The second kappa shape index (κ2) is 5.34. The van der Waals surface area contributed by atoms with E-state index in [0.29, 0.717) is 12.1 Å². The molecule has 2 aromatic rings. The minimum atomic E-state index is -1.08. The van der Waals surface area contributed by atoms with Crippen LogP contribution in [0.3, 0.4) is 0 Å². The second-order valence-corrected chi connectivity index (χ2v) is 5.94. The molecule has 1 aliphatic heterocycles. The molecule has 0 bridgehead atoms. The summed E-state index contributed by atoms with van der Waals surface area (Å²) in [6, 6.07) is 6.11. The van der Waals surface area contributed by atoms with E-state index in [4.69, 9.17) is 5.11 Å². The third kappa shape index (κ3) is 2.59. The summed E-state index contributed by atoms with van der Waals surface area (Å²) < 4.78 is 13.2. The highest BCUT2D eigenvalue weighted by Gasteiger charge is 2.19. The van der Waals surface area contributed by atoms with E-state index in [9.17, 15) is 9.18 Å². The average Bonchev–Trinajstić information content (AvgIpc) is 2.88. The maximum atomic E-state index is 13.2. The summed E-state index contributed by atoms with van der Waals surface area (Å²) in [5.74, 6) is -1.59. The van der Waals surface area contributed by atoms with Crippen LogP contribution in [0.5, 0.6) is 0 Å². The molecule has 1 N–H and O–H groups in total. The van der Waals surface area contributed by atoms with Crippen LogP contribution in [0.2, 0.25) is 0 Å². The minimum absolute atomic E-state index is 0.0566. The van der Waals surface area contributed by atoms with Crippen LogP contribution in [-0.4, -0.2) is 22.5 Å². The lowest BCUT2D eigenvalue weighted by atomic mass is 10.0. The van der Waals surface area contributed by atoms with Crippen LogP contribution in [0.15, 0.2) is 29.6 Å². The largest absolute Gasteiger partial charge is 0.478 e. The van der Waals surface area contributed by atoms with Gasteiger partial charge in [0.25, 0.3) is 0 Å². The van der Waals surface area contributed by atoms with Gasteiger partial charge in [-0.15, -0.1) is 11.3 Å². The summed E-state index contributed by atoms with van der Waals surface area (Å²) in [7, 11) is 0. The number of hydrogen-bond acceptors (Lipinski definition) is 3. The third-order valence-electron chi connectivity index (χ3n) is 3.58. The summed E-state index contributed by atoms with van der Waals surface area (Å²) in [5, 5.41) is 11.3. The zero-order chi connectivity index (χ0) is 14.1. The van der Waals surface area contributed by atoms with Crippen molar-refractivity contribution in [2.45, 2.75) is 19.5 Å². The van der Waals surface area contributed by atoms with Crippen LogP contribution in [0, 0.1) is 5.82 Å². The number of halogens is 1. The van der Waals surface area contributed by atoms with Gasteiger partial charge in [0.15, 0.2) is 0 Å². The van der Waals surface area contributed by atoms with E-state index in [1.165, 1.54) is 16.5 Å². The molecule has 0 spiro atoms. The van der Waals surface area contributed by atoms with Gasteiger partial charge in [-0.2, -0.15) is 0 Å². The summed E-state index contributed by atoms with van der Waals surface area (Å²) >= 11 is 1.77. The Kier molecular flexibility index (Phi) is 3.54. The van der Waals surface area contributed by atoms with Crippen molar-refractivity contribution in [3.05, 3.63) is 57.0 Å². The van der Waals surface area contributed by atoms with Gasteiger partial charge >= 0.3 is 5.97 Å². The van der Waals surface area contributed by atoms with E-state index in [1.807, 2.05) is 0 Å². The lowest BCUT2D eigenvalue weighted by Crippen LogP contribution is -2.29. The number of aromatic carboxylic acids is 1. The van der Waals surface area contributed by atoms with Crippen molar-refractivity contribution < 1.29 is 14.3 Å². The molecule has 0 amide bonds. The number of carbonyl (C=O) groups is 1. The first kappa shape index (κ1) is 13.3. The molecule has 0 fully saturated rings. The lowest BCUT2D eigenvalue weighted by Gasteiger charge is -2.27. The third-order valence-corrected chi connectivity index (χ3v) is 4.61. The Morgan fingerprint density at radius 3 is 3.05 bits per heavy atom. The first-order chi connectivity index (χ1) is 9.63. The average molecular weight is 291 g/mol. The predicted molar refractivity (Wildman–Crippen MR) is 75.5 cm³/mol. The molecule has 2 heterocycles. The highest BCUT2D eigenvalue weighted by Crippen LogP contribution is 2.25. The Bertz CT molecular complexity index is 653. The number of rotatable bonds is 3. The van der Waals surface area contributed by atoms with E-state index in [0.717, 1.165) is 25.6 Å². The molecule has 1 aliphatic rings. The SMILES string of the molecule is O=C(O)c1cc(F)ccc1CN1CCc2sccc2C1. The van der Waals surface area contributed by atoms with Crippen molar-refractivity contribution in [1.29, 1.82) is 0 Å². The number of nitrogens with zero attached hydrogens (tertiary/aromatic N) is 1. The highest BCUT2D eigenvalue weighted by molar-refractivity contribution is 7.10. The molecule has 1 aromatic heterocycles. The molecule has 104 valence electrons. The topological polar surface area (TPSA) is 40.5 Å². The van der Waals surface area contributed by atoms with Gasteiger partial charge in [0.2, 0.25) is 0 Å². The van der Waals surface area contributed by atoms with E-state index < -0.39 is 11.8 Å². The molecular weight excluding hydrogens is 277 g/mol. The Balaban J connectivity index is 1.81. The molecule has 0 saturated carbocycles. The molecule has 0 saturated heterocycles. The van der Waals surface area contributed by atoms with Gasteiger partial charge in [0.05, 0.1) is 5.56 Å². The zero-order valence-electron chi connectivity index (χ0n) is 10.8. The minimum Gasteiger partial charge on any atom is -0.478 e. The smallest absolute Gasteiger partial charge is 0.336 e. The van der Waals surface area contributed by atoms with Crippen molar-refractivity contribution in [3.63, 3.8) is 0 Å². The van der Waals surface area contributed by atoms with Gasteiger partial charge in [0, 0.05) is 24.5 Å².